The number of hydrogen-bond acceptors (Lipinski definition) is 6. The van der Waals surface area contributed by atoms with Crippen molar-refractivity contribution in [3.8, 4) is 0 Å². The maximum Gasteiger partial charge on any atom is 0.407 e. The van der Waals surface area contributed by atoms with Crippen LogP contribution in [-0.4, -0.2) is 37.9 Å². The lowest BCUT2D eigenvalue weighted by Crippen LogP contribution is -2.34. The Kier molecular flexibility index (Phi) is 8.78. The maximum absolute atomic E-state index is 11.9. The molecule has 1 N–H and O–H groups in total. The van der Waals surface area contributed by atoms with E-state index in [1.165, 1.54) is 7.11 Å². The van der Waals surface area contributed by atoms with Crippen molar-refractivity contribution in [3.63, 3.8) is 0 Å². The van der Waals surface area contributed by atoms with E-state index in [1.807, 2.05) is 44.2 Å². The Morgan fingerprint density at radius 1 is 1.08 bits per heavy atom. The number of rotatable bonds is 8. The van der Waals surface area contributed by atoms with Crippen LogP contribution >= 0.6 is 0 Å². The summed E-state index contributed by atoms with van der Waals surface area (Å²) in [6.45, 7) is 3.91. The predicted octanol–water partition coefficient (Wildman–Crippen LogP) is 2.21. The monoisotopic (exact) mass is 349 g/mol. The van der Waals surface area contributed by atoms with Crippen LogP contribution in [-0.2, 0) is 30.3 Å². The van der Waals surface area contributed by atoms with Crippen LogP contribution in [0, 0.1) is 5.92 Å². The first-order valence-electron chi connectivity index (χ1n) is 7.83. The number of esters is 2. The second-order valence-corrected chi connectivity index (χ2v) is 5.51. The minimum atomic E-state index is -0.718. The van der Waals surface area contributed by atoms with Crippen molar-refractivity contribution in [3.05, 3.63) is 48.0 Å². The van der Waals surface area contributed by atoms with E-state index in [4.69, 9.17) is 9.47 Å². The van der Waals surface area contributed by atoms with Gasteiger partial charge in [0.25, 0.3) is 0 Å². The van der Waals surface area contributed by atoms with Gasteiger partial charge in [-0.3, -0.25) is 0 Å². The van der Waals surface area contributed by atoms with E-state index in [9.17, 15) is 14.4 Å². The van der Waals surface area contributed by atoms with Crippen LogP contribution in [0.1, 0.15) is 19.4 Å². The molecular weight excluding hydrogens is 326 g/mol. The molecule has 0 aliphatic heterocycles. The highest BCUT2D eigenvalue weighted by Gasteiger charge is 2.20. The van der Waals surface area contributed by atoms with Gasteiger partial charge in [0.1, 0.15) is 12.7 Å². The molecule has 1 atom stereocenters. The van der Waals surface area contributed by atoms with Crippen LogP contribution in [0.3, 0.4) is 0 Å². The molecule has 0 aliphatic rings. The van der Waals surface area contributed by atoms with Gasteiger partial charge >= 0.3 is 18.0 Å². The number of methoxy groups -OCH3 is 1. The van der Waals surface area contributed by atoms with Crippen molar-refractivity contribution >= 4 is 18.0 Å². The molecule has 0 aromatic heterocycles. The minimum absolute atomic E-state index is 0.0557. The number of carbonyl (C=O) groups is 3. The Morgan fingerprint density at radius 3 is 2.32 bits per heavy atom. The molecule has 0 bridgehead atoms. The summed E-state index contributed by atoms with van der Waals surface area (Å²) in [7, 11) is 1.20. The zero-order valence-electron chi connectivity index (χ0n) is 14.6. The molecular formula is C18H23NO6. The molecule has 7 heteroatoms. The summed E-state index contributed by atoms with van der Waals surface area (Å²) in [5.74, 6) is -1.43. The van der Waals surface area contributed by atoms with E-state index in [2.05, 4.69) is 10.1 Å². The van der Waals surface area contributed by atoms with Gasteiger partial charge in [0, 0.05) is 18.7 Å². The number of hydrogen-bond donors (Lipinski definition) is 1. The quantitative estimate of drug-likeness (QED) is 0.440. The average molecular weight is 349 g/mol. The van der Waals surface area contributed by atoms with Gasteiger partial charge < -0.3 is 19.5 Å². The van der Waals surface area contributed by atoms with E-state index in [1.54, 1.807) is 0 Å². The van der Waals surface area contributed by atoms with Gasteiger partial charge in [-0.1, -0.05) is 44.2 Å². The van der Waals surface area contributed by atoms with Crippen LogP contribution in [0.5, 0.6) is 0 Å². The smallest absolute Gasteiger partial charge is 0.407 e. The van der Waals surface area contributed by atoms with Crippen LogP contribution in [0.25, 0.3) is 0 Å². The summed E-state index contributed by atoms with van der Waals surface area (Å²) < 4.78 is 14.6. The Bertz CT molecular complexity index is 597. The largest absolute Gasteiger partial charge is 0.466 e. The summed E-state index contributed by atoms with van der Waals surface area (Å²) in [5, 5.41) is 2.64. The van der Waals surface area contributed by atoms with E-state index in [-0.39, 0.29) is 12.5 Å². The van der Waals surface area contributed by atoms with Gasteiger partial charge in [0.15, 0.2) is 0 Å². The fraction of sp³-hybridized carbons (Fsp3) is 0.389. The fourth-order valence-electron chi connectivity index (χ4n) is 1.73. The molecule has 0 saturated carbocycles. The van der Waals surface area contributed by atoms with Crippen molar-refractivity contribution < 1.29 is 28.6 Å². The first-order chi connectivity index (χ1) is 11.9. The highest BCUT2D eigenvalue weighted by atomic mass is 16.6. The lowest BCUT2D eigenvalue weighted by atomic mass is 10.1. The van der Waals surface area contributed by atoms with Gasteiger partial charge in [-0.05, 0) is 11.5 Å². The third kappa shape index (κ3) is 8.55. The second-order valence-electron chi connectivity index (χ2n) is 5.51. The van der Waals surface area contributed by atoms with Crippen LogP contribution in [0.4, 0.5) is 4.79 Å². The molecule has 0 fully saturated rings. The summed E-state index contributed by atoms with van der Waals surface area (Å²) in [5.41, 5.74) is 0.944. The lowest BCUT2D eigenvalue weighted by Gasteiger charge is -2.21. The van der Waals surface area contributed by atoms with Crippen molar-refractivity contribution in [1.29, 1.82) is 0 Å². The topological polar surface area (TPSA) is 90.9 Å². The highest BCUT2D eigenvalue weighted by Crippen LogP contribution is 2.08. The summed E-state index contributed by atoms with van der Waals surface area (Å²) in [6.07, 6.45) is 0.716. The number of nitrogens with one attached hydrogen (secondary N) is 1. The molecule has 1 unspecified atom stereocenters. The van der Waals surface area contributed by atoms with Crippen LogP contribution in [0.15, 0.2) is 42.5 Å². The van der Waals surface area contributed by atoms with Gasteiger partial charge in [0.2, 0.25) is 0 Å². The zero-order valence-corrected chi connectivity index (χ0v) is 14.6. The summed E-state index contributed by atoms with van der Waals surface area (Å²) >= 11 is 0. The van der Waals surface area contributed by atoms with Crippen molar-refractivity contribution in [2.24, 2.45) is 5.92 Å². The fourth-order valence-corrected chi connectivity index (χ4v) is 1.73. The zero-order chi connectivity index (χ0) is 18.7. The van der Waals surface area contributed by atoms with Gasteiger partial charge in [-0.25, -0.2) is 14.4 Å². The predicted molar refractivity (Wildman–Crippen MR) is 90.5 cm³/mol. The van der Waals surface area contributed by atoms with Crippen LogP contribution in [0.2, 0.25) is 0 Å². The Morgan fingerprint density at radius 2 is 1.72 bits per heavy atom. The van der Waals surface area contributed by atoms with E-state index < -0.39 is 24.1 Å². The van der Waals surface area contributed by atoms with Gasteiger partial charge in [-0.15, -0.1) is 0 Å². The molecule has 0 saturated heterocycles. The molecule has 25 heavy (non-hydrogen) atoms. The molecule has 136 valence electrons. The minimum Gasteiger partial charge on any atom is -0.466 e. The third-order valence-corrected chi connectivity index (χ3v) is 3.23. The molecule has 7 nitrogen and oxygen atoms in total. The van der Waals surface area contributed by atoms with Gasteiger partial charge in [0.05, 0.1) is 7.11 Å². The first-order valence-corrected chi connectivity index (χ1v) is 7.83. The Balaban J connectivity index is 2.42. The summed E-state index contributed by atoms with van der Waals surface area (Å²) in [4.78, 5) is 34.3. The number of alkyl carbamates (subject to hydrolysis) is 1. The third-order valence-electron chi connectivity index (χ3n) is 3.23. The van der Waals surface area contributed by atoms with E-state index >= 15 is 0 Å². The van der Waals surface area contributed by atoms with E-state index in [0.29, 0.717) is 6.54 Å². The van der Waals surface area contributed by atoms with Crippen molar-refractivity contribution in [2.75, 3.05) is 13.7 Å². The molecule has 0 radical (unpaired) electrons. The standard InChI is InChI=1S/C18H23NO6/c1-13(2)15(12-24-17(21)10-9-16(20)23-3)25-18(22)19-11-14-7-5-4-6-8-14/h4-10,13,15H,11-12H2,1-3H3,(H,19,22). The Labute approximate surface area is 146 Å². The highest BCUT2D eigenvalue weighted by molar-refractivity contribution is 5.91. The molecule has 0 aliphatic carbocycles. The van der Waals surface area contributed by atoms with Crippen molar-refractivity contribution in [2.45, 2.75) is 26.5 Å². The number of benzene rings is 1. The average Bonchev–Trinajstić information content (AvgIpc) is 2.61. The van der Waals surface area contributed by atoms with Crippen molar-refractivity contribution in [1.82, 2.24) is 5.32 Å². The number of ether oxygens (including phenoxy) is 3. The number of carbonyl (C=O) groups excluding carboxylic acids is 3. The van der Waals surface area contributed by atoms with E-state index in [0.717, 1.165) is 17.7 Å². The first kappa shape index (κ1) is 20.2. The Hall–Kier alpha value is -2.83. The molecule has 1 rings (SSSR count). The maximum atomic E-state index is 11.9. The SMILES string of the molecule is COC(=O)C=CC(=O)OCC(OC(=O)NCc1ccccc1)C(C)C. The summed E-state index contributed by atoms with van der Waals surface area (Å²) in [6, 6.07) is 9.41. The molecule has 0 heterocycles. The normalized spacial score (nSPS) is 11.8. The molecule has 1 amide bonds. The number of amides is 1. The van der Waals surface area contributed by atoms with Crippen LogP contribution < -0.4 is 5.32 Å². The molecule has 1 aromatic rings. The molecule has 0 spiro atoms. The lowest BCUT2D eigenvalue weighted by molar-refractivity contribution is -0.142. The van der Waals surface area contributed by atoms with Gasteiger partial charge in [-0.2, -0.15) is 0 Å². The molecule has 1 aromatic carbocycles. The second kappa shape index (κ2) is 10.9.